The molecule has 0 amide bonds. The molecule has 0 heterocycles. The average Bonchev–Trinajstić information content (AvgIpc) is 2.16. The Bertz CT molecular complexity index is 406. The zero-order valence-corrected chi connectivity index (χ0v) is 9.58. The maximum atomic E-state index is 11.1. The van der Waals surface area contributed by atoms with Crippen LogP contribution in [0, 0.1) is 0 Å². The van der Waals surface area contributed by atoms with Crippen LogP contribution >= 0.6 is 0 Å². The highest BCUT2D eigenvalue weighted by atomic mass is 32.2. The summed E-state index contributed by atoms with van der Waals surface area (Å²) >= 11 is 0. The van der Waals surface area contributed by atoms with Crippen LogP contribution in [0.15, 0.2) is 24.8 Å². The summed E-state index contributed by atoms with van der Waals surface area (Å²) in [5.41, 5.74) is -0.0355. The van der Waals surface area contributed by atoms with Gasteiger partial charge in [-0.3, -0.25) is 0 Å². The van der Waals surface area contributed by atoms with Crippen LogP contribution in [0.5, 0.6) is 0 Å². The summed E-state index contributed by atoms with van der Waals surface area (Å²) < 4.78 is 30.8. The average molecular weight is 248 g/mol. The van der Waals surface area contributed by atoms with Gasteiger partial charge in [-0.25, -0.2) is 9.59 Å². The highest BCUT2D eigenvalue weighted by Crippen LogP contribution is 2.00. The summed E-state index contributed by atoms with van der Waals surface area (Å²) in [5.74, 6) is -2.39. The molecule has 16 heavy (non-hydrogen) atoms. The van der Waals surface area contributed by atoms with Crippen LogP contribution in [0.3, 0.4) is 0 Å². The highest BCUT2D eigenvalue weighted by molar-refractivity contribution is 7.87. The lowest BCUT2D eigenvalue weighted by Crippen LogP contribution is -2.20. The van der Waals surface area contributed by atoms with Gasteiger partial charge in [-0.1, -0.05) is 13.2 Å². The van der Waals surface area contributed by atoms with Crippen molar-refractivity contribution >= 4 is 22.1 Å². The minimum absolute atomic E-state index is 0.0355. The van der Waals surface area contributed by atoms with Gasteiger partial charge in [0.05, 0.1) is 0 Å². The SMILES string of the molecule is C=CC(=O)OCCS(=O)(=O)OC(=O)C(=C)C. The van der Waals surface area contributed by atoms with E-state index >= 15 is 0 Å². The first-order valence-electron chi connectivity index (χ1n) is 4.19. The number of rotatable bonds is 6. The molecule has 0 atom stereocenters. The van der Waals surface area contributed by atoms with E-state index in [0.717, 1.165) is 6.08 Å². The molecule has 0 fully saturated rings. The summed E-state index contributed by atoms with van der Waals surface area (Å²) in [5, 5.41) is 0. The molecule has 0 radical (unpaired) electrons. The van der Waals surface area contributed by atoms with Crippen LogP contribution in [-0.4, -0.2) is 32.7 Å². The van der Waals surface area contributed by atoms with Crippen molar-refractivity contribution in [2.75, 3.05) is 12.4 Å². The number of hydrogen-bond donors (Lipinski definition) is 0. The molecule has 0 spiro atoms. The van der Waals surface area contributed by atoms with E-state index in [1.54, 1.807) is 0 Å². The first-order valence-corrected chi connectivity index (χ1v) is 5.77. The number of esters is 1. The Hall–Kier alpha value is -1.63. The van der Waals surface area contributed by atoms with Gasteiger partial charge in [-0.05, 0) is 6.92 Å². The van der Waals surface area contributed by atoms with Crippen LogP contribution in [0.4, 0.5) is 0 Å². The lowest BCUT2D eigenvalue weighted by Gasteiger charge is -2.05. The Balaban J connectivity index is 4.17. The molecule has 0 unspecified atom stereocenters. The number of carbonyl (C=O) groups excluding carboxylic acids is 2. The molecule has 0 aliphatic carbocycles. The molecular weight excluding hydrogens is 236 g/mol. The molecule has 0 aromatic carbocycles. The molecule has 0 saturated carbocycles. The fourth-order valence-electron chi connectivity index (χ4n) is 0.531. The van der Waals surface area contributed by atoms with Gasteiger partial charge in [0, 0.05) is 11.6 Å². The Morgan fingerprint density at radius 1 is 1.38 bits per heavy atom. The van der Waals surface area contributed by atoms with Crippen LogP contribution in [0.25, 0.3) is 0 Å². The van der Waals surface area contributed by atoms with E-state index in [9.17, 15) is 18.0 Å². The van der Waals surface area contributed by atoms with Gasteiger partial charge in [0.1, 0.15) is 12.4 Å². The smallest absolute Gasteiger partial charge is 0.348 e. The Morgan fingerprint density at radius 3 is 2.38 bits per heavy atom. The highest BCUT2D eigenvalue weighted by Gasteiger charge is 2.17. The largest absolute Gasteiger partial charge is 0.461 e. The first-order chi connectivity index (χ1) is 7.28. The van der Waals surface area contributed by atoms with Gasteiger partial charge in [0.25, 0.3) is 0 Å². The normalized spacial score (nSPS) is 10.3. The topological polar surface area (TPSA) is 86.7 Å². The van der Waals surface area contributed by atoms with E-state index < -0.39 is 34.4 Å². The van der Waals surface area contributed by atoms with Gasteiger partial charge in [0.2, 0.25) is 0 Å². The predicted octanol–water partition coefficient (Wildman–Crippen LogP) is 0.165. The van der Waals surface area contributed by atoms with E-state index in [-0.39, 0.29) is 5.57 Å². The summed E-state index contributed by atoms with van der Waals surface area (Å²) in [6.07, 6.45) is 0.895. The first kappa shape index (κ1) is 14.4. The quantitative estimate of drug-likeness (QED) is 0.378. The van der Waals surface area contributed by atoms with E-state index in [1.165, 1.54) is 6.92 Å². The molecule has 0 aliphatic rings. The number of carbonyl (C=O) groups is 2. The van der Waals surface area contributed by atoms with Crippen LogP contribution < -0.4 is 0 Å². The van der Waals surface area contributed by atoms with Crippen molar-refractivity contribution in [1.82, 2.24) is 0 Å². The molecule has 90 valence electrons. The second-order valence-corrected chi connectivity index (χ2v) is 4.47. The second kappa shape index (κ2) is 6.06. The van der Waals surface area contributed by atoms with Crippen molar-refractivity contribution in [1.29, 1.82) is 0 Å². The zero-order valence-electron chi connectivity index (χ0n) is 8.76. The zero-order chi connectivity index (χ0) is 12.8. The number of ether oxygens (including phenoxy) is 1. The third-order valence-corrected chi connectivity index (χ3v) is 2.37. The molecule has 0 rings (SSSR count). The van der Waals surface area contributed by atoms with E-state index in [0.29, 0.717) is 0 Å². The minimum Gasteiger partial charge on any atom is -0.461 e. The summed E-state index contributed by atoms with van der Waals surface area (Å²) in [7, 11) is -4.05. The Morgan fingerprint density at radius 2 is 1.94 bits per heavy atom. The molecule has 6 nitrogen and oxygen atoms in total. The maximum Gasteiger partial charge on any atom is 0.348 e. The van der Waals surface area contributed by atoms with Crippen LogP contribution in [-0.2, 0) is 28.6 Å². The van der Waals surface area contributed by atoms with Gasteiger partial charge in [0.15, 0.2) is 0 Å². The van der Waals surface area contributed by atoms with Crippen molar-refractivity contribution in [3.8, 4) is 0 Å². The van der Waals surface area contributed by atoms with Gasteiger partial charge < -0.3 is 8.92 Å². The van der Waals surface area contributed by atoms with Gasteiger partial charge in [-0.15, -0.1) is 0 Å². The van der Waals surface area contributed by atoms with E-state index in [2.05, 4.69) is 22.1 Å². The molecule has 0 bridgehead atoms. The van der Waals surface area contributed by atoms with Crippen molar-refractivity contribution in [2.45, 2.75) is 6.92 Å². The molecule has 0 N–H and O–H groups in total. The molecular formula is C9H12O6S. The second-order valence-electron chi connectivity index (χ2n) is 2.78. The molecule has 0 aromatic heterocycles. The predicted molar refractivity (Wildman–Crippen MR) is 55.8 cm³/mol. The van der Waals surface area contributed by atoms with Gasteiger partial charge >= 0.3 is 22.1 Å². The van der Waals surface area contributed by atoms with Crippen molar-refractivity contribution < 1.29 is 26.9 Å². The summed E-state index contributed by atoms with van der Waals surface area (Å²) in [4.78, 5) is 21.5. The minimum atomic E-state index is -4.05. The monoisotopic (exact) mass is 248 g/mol. The Kier molecular flexibility index (Phi) is 5.44. The fraction of sp³-hybridized carbons (Fsp3) is 0.333. The van der Waals surface area contributed by atoms with Crippen molar-refractivity contribution in [3.05, 3.63) is 24.8 Å². The number of hydrogen-bond acceptors (Lipinski definition) is 6. The van der Waals surface area contributed by atoms with Crippen LogP contribution in [0.1, 0.15) is 6.92 Å². The summed E-state index contributed by atoms with van der Waals surface area (Å²) in [6.45, 7) is 7.26. The van der Waals surface area contributed by atoms with Crippen molar-refractivity contribution in [3.63, 3.8) is 0 Å². The third kappa shape index (κ3) is 5.97. The lowest BCUT2D eigenvalue weighted by atomic mass is 10.4. The Labute approximate surface area is 93.7 Å². The molecule has 0 aliphatic heterocycles. The summed E-state index contributed by atoms with van der Waals surface area (Å²) in [6, 6.07) is 0. The fourth-order valence-corrected chi connectivity index (χ4v) is 1.28. The van der Waals surface area contributed by atoms with E-state index in [1.807, 2.05) is 0 Å². The van der Waals surface area contributed by atoms with Crippen LogP contribution in [0.2, 0.25) is 0 Å². The van der Waals surface area contributed by atoms with E-state index in [4.69, 9.17) is 0 Å². The maximum absolute atomic E-state index is 11.1. The third-order valence-electron chi connectivity index (χ3n) is 1.30. The standard InChI is InChI=1S/C9H12O6S/c1-4-8(10)14-5-6-16(12,13)15-9(11)7(2)3/h4H,1-2,5-6H2,3H3. The lowest BCUT2D eigenvalue weighted by molar-refractivity contribution is -0.137. The van der Waals surface area contributed by atoms with Crippen molar-refractivity contribution in [2.24, 2.45) is 0 Å². The molecule has 0 saturated heterocycles. The van der Waals surface area contributed by atoms with Gasteiger partial charge in [-0.2, -0.15) is 8.42 Å². The molecule has 7 heteroatoms. The molecule has 0 aromatic rings.